The molecule has 0 saturated carbocycles. The number of benzene rings is 1. The van der Waals surface area contributed by atoms with Crippen LogP contribution in [-0.4, -0.2) is 4.98 Å². The van der Waals surface area contributed by atoms with Crippen LogP contribution < -0.4 is 11.3 Å². The van der Waals surface area contributed by atoms with Gasteiger partial charge >= 0.3 is 0 Å². The number of pyridine rings is 1. The molecular weight excluding hydrogens is 241 g/mol. The highest BCUT2D eigenvalue weighted by Gasteiger charge is 2.14. The lowest BCUT2D eigenvalue weighted by atomic mass is 9.98. The van der Waals surface area contributed by atoms with Gasteiger partial charge in [-0.05, 0) is 49.6 Å². The number of aromatic nitrogens is 1. The van der Waals surface area contributed by atoms with Crippen LogP contribution in [0, 0.1) is 19.7 Å². The van der Waals surface area contributed by atoms with E-state index in [1.54, 1.807) is 12.1 Å². The number of hydrogen-bond acceptors (Lipinski definition) is 3. The first kappa shape index (κ1) is 13.6. The van der Waals surface area contributed by atoms with Crippen molar-refractivity contribution in [1.29, 1.82) is 0 Å². The van der Waals surface area contributed by atoms with Gasteiger partial charge in [0.05, 0.1) is 6.04 Å². The first-order chi connectivity index (χ1) is 9.10. The Balaban J connectivity index is 2.28. The van der Waals surface area contributed by atoms with Crippen LogP contribution in [0.5, 0.6) is 0 Å². The lowest BCUT2D eigenvalue weighted by Crippen LogP contribution is -2.30. The standard InChI is InChI=1S/C15H18FN3/c1-10-7-13(8-11(2)18-10)15(19-17)9-12-5-3-4-6-14(12)16/h3-8,15,19H,9,17H2,1-2H3. The van der Waals surface area contributed by atoms with Crippen molar-refractivity contribution in [2.24, 2.45) is 5.84 Å². The number of nitrogens with two attached hydrogens (primary N) is 1. The zero-order chi connectivity index (χ0) is 13.8. The zero-order valence-electron chi connectivity index (χ0n) is 11.2. The van der Waals surface area contributed by atoms with E-state index in [9.17, 15) is 4.39 Å². The third-order valence-corrected chi connectivity index (χ3v) is 3.09. The summed E-state index contributed by atoms with van der Waals surface area (Å²) in [6.07, 6.45) is 0.506. The predicted molar refractivity (Wildman–Crippen MR) is 73.9 cm³/mol. The number of halogens is 1. The van der Waals surface area contributed by atoms with Gasteiger partial charge in [-0.1, -0.05) is 18.2 Å². The molecule has 4 heteroatoms. The topological polar surface area (TPSA) is 50.9 Å². The Morgan fingerprint density at radius 3 is 2.42 bits per heavy atom. The van der Waals surface area contributed by atoms with Crippen LogP contribution in [0.25, 0.3) is 0 Å². The maximum atomic E-state index is 13.7. The third kappa shape index (κ3) is 3.36. The molecule has 0 aliphatic heterocycles. The number of nitrogens with zero attached hydrogens (tertiary/aromatic N) is 1. The summed E-state index contributed by atoms with van der Waals surface area (Å²) in [5.41, 5.74) is 6.30. The minimum atomic E-state index is -0.203. The molecule has 19 heavy (non-hydrogen) atoms. The van der Waals surface area contributed by atoms with Gasteiger partial charge < -0.3 is 0 Å². The van der Waals surface area contributed by atoms with E-state index in [-0.39, 0.29) is 11.9 Å². The van der Waals surface area contributed by atoms with Crippen LogP contribution in [0.3, 0.4) is 0 Å². The number of nitrogens with one attached hydrogen (secondary N) is 1. The van der Waals surface area contributed by atoms with Crippen LogP contribution in [0.15, 0.2) is 36.4 Å². The second kappa shape index (κ2) is 5.91. The molecule has 2 rings (SSSR count). The van der Waals surface area contributed by atoms with Crippen LogP contribution in [0.4, 0.5) is 4.39 Å². The van der Waals surface area contributed by atoms with Crippen molar-refractivity contribution in [2.45, 2.75) is 26.3 Å². The number of hydrogen-bond donors (Lipinski definition) is 2. The van der Waals surface area contributed by atoms with Gasteiger partial charge in [-0.3, -0.25) is 16.3 Å². The molecule has 2 aromatic rings. The quantitative estimate of drug-likeness (QED) is 0.655. The van der Waals surface area contributed by atoms with Crippen molar-refractivity contribution in [3.8, 4) is 0 Å². The maximum Gasteiger partial charge on any atom is 0.126 e. The van der Waals surface area contributed by atoms with Gasteiger partial charge in [0, 0.05) is 11.4 Å². The molecule has 3 N–H and O–H groups in total. The average molecular weight is 259 g/mol. The third-order valence-electron chi connectivity index (χ3n) is 3.09. The average Bonchev–Trinajstić information content (AvgIpc) is 2.36. The van der Waals surface area contributed by atoms with E-state index in [1.165, 1.54) is 6.07 Å². The first-order valence-electron chi connectivity index (χ1n) is 6.25. The van der Waals surface area contributed by atoms with Crippen LogP contribution in [-0.2, 0) is 6.42 Å². The molecule has 0 spiro atoms. The Morgan fingerprint density at radius 2 is 1.84 bits per heavy atom. The molecule has 3 nitrogen and oxygen atoms in total. The Morgan fingerprint density at radius 1 is 1.21 bits per heavy atom. The largest absolute Gasteiger partial charge is 0.271 e. The molecule has 1 atom stereocenters. The van der Waals surface area contributed by atoms with E-state index in [0.717, 1.165) is 17.0 Å². The zero-order valence-corrected chi connectivity index (χ0v) is 11.2. The van der Waals surface area contributed by atoms with Crippen molar-refractivity contribution < 1.29 is 4.39 Å². The molecule has 100 valence electrons. The summed E-state index contributed by atoms with van der Waals surface area (Å²) in [5.74, 6) is 5.41. The van der Waals surface area contributed by atoms with Crippen molar-refractivity contribution in [1.82, 2.24) is 10.4 Å². The SMILES string of the molecule is Cc1cc(C(Cc2ccccc2F)NN)cc(C)n1. The van der Waals surface area contributed by atoms with Gasteiger partial charge in [-0.15, -0.1) is 0 Å². The lowest BCUT2D eigenvalue weighted by Gasteiger charge is -2.17. The van der Waals surface area contributed by atoms with E-state index in [2.05, 4.69) is 10.4 Å². The molecule has 0 saturated heterocycles. The van der Waals surface area contributed by atoms with Gasteiger partial charge in [0.15, 0.2) is 0 Å². The molecule has 0 bridgehead atoms. The highest BCUT2D eigenvalue weighted by molar-refractivity contribution is 5.27. The van der Waals surface area contributed by atoms with E-state index in [4.69, 9.17) is 5.84 Å². The smallest absolute Gasteiger partial charge is 0.126 e. The first-order valence-corrected chi connectivity index (χ1v) is 6.25. The van der Waals surface area contributed by atoms with E-state index in [0.29, 0.717) is 12.0 Å². The highest BCUT2D eigenvalue weighted by Crippen LogP contribution is 2.20. The van der Waals surface area contributed by atoms with E-state index < -0.39 is 0 Å². The Kier molecular flexibility index (Phi) is 4.24. The summed E-state index contributed by atoms with van der Waals surface area (Å²) in [6, 6.07) is 10.6. The van der Waals surface area contributed by atoms with Crippen LogP contribution in [0.1, 0.15) is 28.6 Å². The molecule has 1 heterocycles. The van der Waals surface area contributed by atoms with Crippen LogP contribution in [0.2, 0.25) is 0 Å². The fourth-order valence-corrected chi connectivity index (χ4v) is 2.22. The fraction of sp³-hybridized carbons (Fsp3) is 0.267. The number of rotatable bonds is 4. The van der Waals surface area contributed by atoms with E-state index in [1.807, 2.05) is 32.0 Å². The molecule has 1 aromatic heterocycles. The molecular formula is C15H18FN3. The second-order valence-electron chi connectivity index (χ2n) is 4.70. The minimum Gasteiger partial charge on any atom is -0.271 e. The Bertz CT molecular complexity index is 549. The van der Waals surface area contributed by atoms with Crippen molar-refractivity contribution in [3.05, 3.63) is 64.7 Å². The van der Waals surface area contributed by atoms with Crippen molar-refractivity contribution in [2.75, 3.05) is 0 Å². The van der Waals surface area contributed by atoms with E-state index >= 15 is 0 Å². The van der Waals surface area contributed by atoms with Gasteiger partial charge in [0.25, 0.3) is 0 Å². The molecule has 0 aliphatic rings. The van der Waals surface area contributed by atoms with Crippen molar-refractivity contribution >= 4 is 0 Å². The van der Waals surface area contributed by atoms with Crippen molar-refractivity contribution in [3.63, 3.8) is 0 Å². The summed E-state index contributed by atoms with van der Waals surface area (Å²) in [7, 11) is 0. The summed E-state index contributed by atoms with van der Waals surface area (Å²) in [5, 5.41) is 0. The van der Waals surface area contributed by atoms with Crippen LogP contribution >= 0.6 is 0 Å². The molecule has 0 radical (unpaired) electrons. The normalized spacial score (nSPS) is 12.4. The van der Waals surface area contributed by atoms with Gasteiger partial charge in [-0.2, -0.15) is 0 Å². The summed E-state index contributed by atoms with van der Waals surface area (Å²) >= 11 is 0. The molecule has 0 amide bonds. The minimum absolute atomic E-state index is 0.128. The molecule has 0 aliphatic carbocycles. The highest BCUT2D eigenvalue weighted by atomic mass is 19.1. The maximum absolute atomic E-state index is 13.7. The number of hydrazine groups is 1. The second-order valence-corrected chi connectivity index (χ2v) is 4.70. The van der Waals surface area contributed by atoms with Gasteiger partial charge in [0.1, 0.15) is 5.82 Å². The monoisotopic (exact) mass is 259 g/mol. The molecule has 1 unspecified atom stereocenters. The molecule has 1 aromatic carbocycles. The summed E-state index contributed by atoms with van der Waals surface area (Å²) < 4.78 is 13.7. The lowest BCUT2D eigenvalue weighted by molar-refractivity contribution is 0.528. The van der Waals surface area contributed by atoms with Gasteiger partial charge in [0.2, 0.25) is 0 Å². The van der Waals surface area contributed by atoms with Gasteiger partial charge in [-0.25, -0.2) is 4.39 Å². The summed E-state index contributed by atoms with van der Waals surface area (Å²) in [4.78, 5) is 4.33. The Hall–Kier alpha value is -1.78. The number of aryl methyl sites for hydroxylation is 2. The predicted octanol–water partition coefficient (Wildman–Crippen LogP) is 2.58. The fourth-order valence-electron chi connectivity index (χ4n) is 2.22. The summed E-state index contributed by atoms with van der Waals surface area (Å²) in [6.45, 7) is 3.88. The Labute approximate surface area is 112 Å². The molecule has 0 fully saturated rings.